The fraction of sp³-hybridized carbons (Fsp3) is 0.471. The molecule has 1 aliphatic carbocycles. The monoisotopic (exact) mass is 327 g/mol. The maximum absolute atomic E-state index is 13.0. The molecule has 23 heavy (non-hydrogen) atoms. The lowest BCUT2D eigenvalue weighted by atomic mass is 9.84. The van der Waals surface area contributed by atoms with Gasteiger partial charge in [0.25, 0.3) is 0 Å². The first-order valence-corrected chi connectivity index (χ1v) is 7.60. The molecule has 1 N–H and O–H groups in total. The number of amides is 1. The Hall–Kier alpha value is -1.98. The molecule has 6 heteroatoms. The molecule has 1 saturated carbocycles. The fourth-order valence-electron chi connectivity index (χ4n) is 2.90. The first kappa shape index (κ1) is 17.4. The number of carbonyl (C=O) groups excluding carboxylic acids is 1. The van der Waals surface area contributed by atoms with Crippen LogP contribution in [0.3, 0.4) is 0 Å². The van der Waals surface area contributed by atoms with E-state index in [0.29, 0.717) is 30.6 Å². The van der Waals surface area contributed by atoms with Gasteiger partial charge in [-0.2, -0.15) is 13.2 Å². The van der Waals surface area contributed by atoms with Crippen molar-refractivity contribution >= 4 is 12.0 Å². The van der Waals surface area contributed by atoms with E-state index in [4.69, 9.17) is 4.74 Å². The molecule has 1 aromatic rings. The van der Waals surface area contributed by atoms with E-state index in [1.807, 2.05) is 0 Å². The minimum atomic E-state index is -4.27. The zero-order valence-corrected chi connectivity index (χ0v) is 12.9. The standard InChI is InChI=1S/C17H20F3NO2/c1-23-15-9-5-2-6-12(15)10-11-16(22)21-14-8-4-3-7-13(14)17(18,19)20/h2,5-6,9-11,13-14H,3-4,7-8H2,1H3,(H,21,22). The second-order valence-corrected chi connectivity index (χ2v) is 5.62. The highest BCUT2D eigenvalue weighted by Gasteiger charge is 2.45. The average molecular weight is 327 g/mol. The number of hydrogen-bond donors (Lipinski definition) is 1. The highest BCUT2D eigenvalue weighted by molar-refractivity contribution is 5.92. The molecular formula is C17H20F3NO2. The Labute approximate surface area is 133 Å². The zero-order chi connectivity index (χ0) is 16.9. The molecule has 1 fully saturated rings. The number of rotatable bonds is 4. The third-order valence-electron chi connectivity index (χ3n) is 4.07. The van der Waals surface area contributed by atoms with Crippen molar-refractivity contribution in [1.82, 2.24) is 5.32 Å². The number of benzene rings is 1. The number of para-hydroxylation sites is 1. The SMILES string of the molecule is COc1ccccc1C=CC(=O)NC1CCCCC1C(F)(F)F. The van der Waals surface area contributed by atoms with Crippen LogP contribution in [0, 0.1) is 5.92 Å². The Balaban J connectivity index is 2.02. The van der Waals surface area contributed by atoms with Gasteiger partial charge in [-0.05, 0) is 25.0 Å². The largest absolute Gasteiger partial charge is 0.496 e. The first-order valence-electron chi connectivity index (χ1n) is 7.60. The Morgan fingerprint density at radius 2 is 1.96 bits per heavy atom. The Bertz CT molecular complexity index is 569. The number of alkyl halides is 3. The molecule has 126 valence electrons. The highest BCUT2D eigenvalue weighted by Crippen LogP contribution is 2.37. The fourth-order valence-corrected chi connectivity index (χ4v) is 2.90. The summed E-state index contributed by atoms with van der Waals surface area (Å²) >= 11 is 0. The van der Waals surface area contributed by atoms with E-state index in [9.17, 15) is 18.0 Å². The predicted molar refractivity (Wildman–Crippen MR) is 82.0 cm³/mol. The number of ether oxygens (including phenoxy) is 1. The van der Waals surface area contributed by atoms with E-state index < -0.39 is 24.0 Å². The van der Waals surface area contributed by atoms with E-state index in [2.05, 4.69) is 5.32 Å². The molecule has 2 rings (SSSR count). The van der Waals surface area contributed by atoms with Gasteiger partial charge < -0.3 is 10.1 Å². The van der Waals surface area contributed by atoms with Gasteiger partial charge in [-0.1, -0.05) is 31.0 Å². The quantitative estimate of drug-likeness (QED) is 0.851. The molecule has 0 radical (unpaired) electrons. The lowest BCUT2D eigenvalue weighted by Crippen LogP contribution is -2.47. The van der Waals surface area contributed by atoms with Crippen molar-refractivity contribution in [2.75, 3.05) is 7.11 Å². The van der Waals surface area contributed by atoms with Gasteiger partial charge in [0.05, 0.1) is 13.0 Å². The van der Waals surface area contributed by atoms with Crippen LogP contribution in [0.15, 0.2) is 30.3 Å². The number of carbonyl (C=O) groups is 1. The smallest absolute Gasteiger partial charge is 0.393 e. The third-order valence-corrected chi connectivity index (χ3v) is 4.07. The number of halogens is 3. The van der Waals surface area contributed by atoms with E-state index in [0.717, 1.165) is 0 Å². The third kappa shape index (κ3) is 4.74. The summed E-state index contributed by atoms with van der Waals surface area (Å²) in [6.45, 7) is 0. The van der Waals surface area contributed by atoms with Crippen molar-refractivity contribution in [3.63, 3.8) is 0 Å². The van der Waals surface area contributed by atoms with E-state index in [1.54, 1.807) is 30.3 Å². The van der Waals surface area contributed by atoms with Gasteiger partial charge in [0, 0.05) is 17.7 Å². The van der Waals surface area contributed by atoms with Crippen LogP contribution in [-0.4, -0.2) is 25.2 Å². The van der Waals surface area contributed by atoms with Crippen molar-refractivity contribution in [1.29, 1.82) is 0 Å². The number of methoxy groups -OCH3 is 1. The Kier molecular flexibility index (Phi) is 5.69. The molecule has 2 unspecified atom stereocenters. The topological polar surface area (TPSA) is 38.3 Å². The maximum Gasteiger partial charge on any atom is 0.393 e. The van der Waals surface area contributed by atoms with Crippen LogP contribution in [0.2, 0.25) is 0 Å². The molecule has 0 bridgehead atoms. The zero-order valence-electron chi connectivity index (χ0n) is 12.9. The molecule has 1 aromatic carbocycles. The van der Waals surface area contributed by atoms with Gasteiger partial charge in [-0.3, -0.25) is 4.79 Å². The summed E-state index contributed by atoms with van der Waals surface area (Å²) in [4.78, 5) is 12.0. The van der Waals surface area contributed by atoms with Crippen LogP contribution in [0.25, 0.3) is 6.08 Å². The van der Waals surface area contributed by atoms with Crippen molar-refractivity contribution < 1.29 is 22.7 Å². The number of hydrogen-bond acceptors (Lipinski definition) is 2. The molecule has 0 aliphatic heterocycles. The minimum Gasteiger partial charge on any atom is -0.496 e. The van der Waals surface area contributed by atoms with Crippen LogP contribution >= 0.6 is 0 Å². The molecule has 2 atom stereocenters. The number of nitrogens with one attached hydrogen (secondary N) is 1. The normalized spacial score (nSPS) is 22.1. The minimum absolute atomic E-state index is 0.0741. The van der Waals surface area contributed by atoms with E-state index in [-0.39, 0.29) is 6.42 Å². The second-order valence-electron chi connectivity index (χ2n) is 5.62. The lowest BCUT2D eigenvalue weighted by molar-refractivity contribution is -0.188. The van der Waals surface area contributed by atoms with E-state index >= 15 is 0 Å². The van der Waals surface area contributed by atoms with Crippen LogP contribution in [0.5, 0.6) is 5.75 Å². The maximum atomic E-state index is 13.0. The van der Waals surface area contributed by atoms with Crippen LogP contribution in [-0.2, 0) is 4.79 Å². The summed E-state index contributed by atoms with van der Waals surface area (Å²) in [7, 11) is 1.52. The molecule has 1 aliphatic rings. The summed E-state index contributed by atoms with van der Waals surface area (Å²) in [6.07, 6.45) is 0.203. The molecular weight excluding hydrogens is 307 g/mol. The summed E-state index contributed by atoms with van der Waals surface area (Å²) in [5, 5.41) is 2.50. The van der Waals surface area contributed by atoms with Crippen molar-refractivity contribution in [3.8, 4) is 5.75 Å². The first-order chi connectivity index (χ1) is 10.9. The van der Waals surface area contributed by atoms with Gasteiger partial charge in [-0.15, -0.1) is 0 Å². The van der Waals surface area contributed by atoms with Gasteiger partial charge in [0.2, 0.25) is 5.91 Å². The Morgan fingerprint density at radius 1 is 1.26 bits per heavy atom. The summed E-state index contributed by atoms with van der Waals surface area (Å²) in [5.41, 5.74) is 0.696. The predicted octanol–water partition coefficient (Wildman–Crippen LogP) is 3.95. The van der Waals surface area contributed by atoms with Crippen LogP contribution in [0.1, 0.15) is 31.2 Å². The van der Waals surface area contributed by atoms with Crippen LogP contribution in [0.4, 0.5) is 13.2 Å². The lowest BCUT2D eigenvalue weighted by Gasteiger charge is -2.33. The summed E-state index contributed by atoms with van der Waals surface area (Å²) in [6, 6.07) is 6.26. The molecule has 0 saturated heterocycles. The van der Waals surface area contributed by atoms with E-state index in [1.165, 1.54) is 13.2 Å². The average Bonchev–Trinajstić information content (AvgIpc) is 2.52. The Morgan fingerprint density at radius 3 is 2.65 bits per heavy atom. The van der Waals surface area contributed by atoms with Crippen LogP contribution < -0.4 is 10.1 Å². The van der Waals surface area contributed by atoms with Crippen molar-refractivity contribution in [3.05, 3.63) is 35.9 Å². The molecule has 0 spiro atoms. The van der Waals surface area contributed by atoms with Gasteiger partial charge in [-0.25, -0.2) is 0 Å². The molecule has 0 aromatic heterocycles. The van der Waals surface area contributed by atoms with Crippen molar-refractivity contribution in [2.45, 2.75) is 37.9 Å². The highest BCUT2D eigenvalue weighted by atomic mass is 19.4. The summed E-state index contributed by atoms with van der Waals surface area (Å²) in [5.74, 6) is -1.38. The van der Waals surface area contributed by atoms with Crippen molar-refractivity contribution in [2.24, 2.45) is 5.92 Å². The van der Waals surface area contributed by atoms with Gasteiger partial charge >= 0.3 is 6.18 Å². The van der Waals surface area contributed by atoms with Gasteiger partial charge in [0.1, 0.15) is 5.75 Å². The van der Waals surface area contributed by atoms with Gasteiger partial charge in [0.15, 0.2) is 0 Å². The molecule has 1 amide bonds. The molecule has 0 heterocycles. The second kappa shape index (κ2) is 7.53. The summed E-state index contributed by atoms with van der Waals surface area (Å²) < 4.78 is 44.2. The molecule has 3 nitrogen and oxygen atoms in total.